The molecule has 3 rings (SSSR count). The molecule has 0 bridgehead atoms. The highest BCUT2D eigenvalue weighted by Crippen LogP contribution is 2.24. The number of hydrogen-bond donors (Lipinski definition) is 2. The van der Waals surface area contributed by atoms with E-state index in [1.165, 1.54) is 12.1 Å². The molecule has 1 aromatic rings. The fourth-order valence-electron chi connectivity index (χ4n) is 1.41. The van der Waals surface area contributed by atoms with Crippen LogP contribution in [0.4, 0.5) is 0 Å². The molecule has 12 heavy (non-hydrogen) atoms. The molecule has 0 fully saturated rings. The molecule has 2 heterocycles. The summed E-state index contributed by atoms with van der Waals surface area (Å²) < 4.78 is 7.35. The second-order valence-electron chi connectivity index (χ2n) is 2.68. The Hall–Kier alpha value is -1.23. The predicted octanol–water partition coefficient (Wildman–Crippen LogP) is 0.805. The minimum Gasteiger partial charge on any atom is -0.348 e. The summed E-state index contributed by atoms with van der Waals surface area (Å²) in [7, 11) is 0. The molecule has 1 aliphatic carbocycles. The van der Waals surface area contributed by atoms with Gasteiger partial charge in [0.05, 0.1) is 24.2 Å². The first kappa shape index (κ1) is 6.30. The topological polar surface area (TPSA) is 53.1 Å². The third-order valence-electron chi connectivity index (χ3n) is 2.00. The van der Waals surface area contributed by atoms with Gasteiger partial charge >= 0.3 is 0 Å². The largest absolute Gasteiger partial charge is 0.348 e. The van der Waals surface area contributed by atoms with Crippen LogP contribution in [0.1, 0.15) is 11.4 Å². The van der Waals surface area contributed by atoms with Crippen LogP contribution in [-0.2, 0) is 6.42 Å². The van der Waals surface area contributed by atoms with Crippen molar-refractivity contribution in [3.63, 3.8) is 0 Å². The maximum atomic E-state index is 4.24. The van der Waals surface area contributed by atoms with Crippen molar-refractivity contribution in [3.05, 3.63) is 29.5 Å². The van der Waals surface area contributed by atoms with E-state index in [1.54, 1.807) is 6.33 Å². The second kappa shape index (κ2) is 2.13. The molecule has 1 aromatic heterocycles. The van der Waals surface area contributed by atoms with E-state index in [2.05, 4.69) is 25.2 Å². The Bertz CT molecular complexity index is 390. The van der Waals surface area contributed by atoms with Crippen LogP contribution in [0.25, 0.3) is 0 Å². The third kappa shape index (κ3) is 0.687. The molecule has 0 radical (unpaired) electrons. The number of allylic oxidation sites excluding steroid dienone is 2. The number of hydrogen-bond acceptors (Lipinski definition) is 4. The van der Waals surface area contributed by atoms with Gasteiger partial charge in [-0.3, -0.25) is 0 Å². The van der Waals surface area contributed by atoms with Crippen molar-refractivity contribution in [2.24, 2.45) is 4.40 Å². The molecule has 0 unspecified atom stereocenters. The Kier molecular flexibility index (Phi) is 1.12. The number of H-pyrrole nitrogens is 1. The molecule has 0 spiro atoms. The molecule has 0 atom stereocenters. The number of fused-ring (bicyclic) bond motifs is 3. The lowest BCUT2D eigenvalue weighted by Crippen LogP contribution is -2.15. The molecular weight excluding hydrogens is 172 g/mol. The van der Waals surface area contributed by atoms with Crippen LogP contribution in [-0.4, -0.2) is 15.7 Å². The van der Waals surface area contributed by atoms with Gasteiger partial charge in [0.1, 0.15) is 11.4 Å². The average Bonchev–Trinajstić information content (AvgIpc) is 2.71. The summed E-state index contributed by atoms with van der Waals surface area (Å²) >= 11 is 1.36. The Balaban J connectivity index is 2.23. The van der Waals surface area contributed by atoms with Crippen molar-refractivity contribution in [1.29, 1.82) is 0 Å². The zero-order valence-corrected chi connectivity index (χ0v) is 6.98. The molecule has 5 heteroatoms. The number of rotatable bonds is 0. The number of aromatic nitrogens is 2. The van der Waals surface area contributed by atoms with Crippen LogP contribution < -0.4 is 4.72 Å². The minimum absolute atomic E-state index is 0.914. The fraction of sp³-hybridized carbons (Fsp3) is 0.143. The standard InChI is InChI=1S/C7H6N4S/c1-2-5-7(11-12-10-5)6-4(1)8-3-9-6/h2-3,10H,1H2,(H,8,9). The summed E-state index contributed by atoms with van der Waals surface area (Å²) in [5.74, 6) is 0. The van der Waals surface area contributed by atoms with Crippen molar-refractivity contribution >= 4 is 17.8 Å². The van der Waals surface area contributed by atoms with Crippen molar-refractivity contribution < 1.29 is 0 Å². The number of aromatic amines is 1. The summed E-state index contributed by atoms with van der Waals surface area (Å²) in [4.78, 5) is 7.32. The summed E-state index contributed by atoms with van der Waals surface area (Å²) in [5, 5.41) is 0. The van der Waals surface area contributed by atoms with Gasteiger partial charge in [-0.25, -0.2) is 4.98 Å². The molecule has 0 amide bonds. The van der Waals surface area contributed by atoms with Gasteiger partial charge in [-0.2, -0.15) is 4.40 Å². The Morgan fingerprint density at radius 3 is 3.50 bits per heavy atom. The van der Waals surface area contributed by atoms with Gasteiger partial charge in [0.25, 0.3) is 0 Å². The van der Waals surface area contributed by atoms with Gasteiger partial charge in [0, 0.05) is 12.1 Å². The predicted molar refractivity (Wildman–Crippen MR) is 47.6 cm³/mol. The number of imidazole rings is 1. The molecule has 0 saturated carbocycles. The highest BCUT2D eigenvalue weighted by atomic mass is 32.2. The van der Waals surface area contributed by atoms with E-state index >= 15 is 0 Å². The smallest absolute Gasteiger partial charge is 0.124 e. The Labute approximate surface area is 73.5 Å². The van der Waals surface area contributed by atoms with Crippen LogP contribution in [0.2, 0.25) is 0 Å². The van der Waals surface area contributed by atoms with Crippen molar-refractivity contribution in [1.82, 2.24) is 14.7 Å². The molecular formula is C7H6N4S. The second-order valence-corrected chi connectivity index (χ2v) is 3.25. The zero-order valence-electron chi connectivity index (χ0n) is 6.16. The van der Waals surface area contributed by atoms with E-state index in [1.807, 2.05) is 0 Å². The van der Waals surface area contributed by atoms with Crippen LogP contribution in [0.3, 0.4) is 0 Å². The first-order valence-corrected chi connectivity index (χ1v) is 4.45. The summed E-state index contributed by atoms with van der Waals surface area (Å²) in [5.41, 5.74) is 4.22. The van der Waals surface area contributed by atoms with E-state index < -0.39 is 0 Å². The summed E-state index contributed by atoms with van der Waals surface area (Å²) in [6.07, 6.45) is 4.75. The Morgan fingerprint density at radius 1 is 1.50 bits per heavy atom. The van der Waals surface area contributed by atoms with E-state index in [-0.39, 0.29) is 0 Å². The minimum atomic E-state index is 0.914. The van der Waals surface area contributed by atoms with Gasteiger partial charge in [0.2, 0.25) is 0 Å². The molecule has 2 aliphatic rings. The SMILES string of the molecule is C1=C2NSN=C2c2nc[nH]c2C1. The van der Waals surface area contributed by atoms with Gasteiger partial charge < -0.3 is 9.71 Å². The normalized spacial score (nSPS) is 19.0. The van der Waals surface area contributed by atoms with E-state index in [0.29, 0.717) is 0 Å². The third-order valence-corrected chi connectivity index (χ3v) is 2.59. The van der Waals surface area contributed by atoms with Gasteiger partial charge in [-0.05, 0) is 0 Å². The molecule has 2 N–H and O–H groups in total. The van der Waals surface area contributed by atoms with E-state index in [9.17, 15) is 0 Å². The first-order chi connectivity index (χ1) is 5.95. The van der Waals surface area contributed by atoms with Crippen LogP contribution in [0.15, 0.2) is 22.5 Å². The van der Waals surface area contributed by atoms with Crippen molar-refractivity contribution in [2.75, 3.05) is 0 Å². The quantitative estimate of drug-likeness (QED) is 0.578. The van der Waals surface area contributed by atoms with Crippen molar-refractivity contribution in [2.45, 2.75) is 6.42 Å². The first-order valence-electron chi connectivity index (χ1n) is 3.68. The lowest BCUT2D eigenvalue weighted by Gasteiger charge is -2.07. The van der Waals surface area contributed by atoms with Gasteiger partial charge in [-0.1, -0.05) is 6.08 Å². The molecule has 0 aromatic carbocycles. The van der Waals surface area contributed by atoms with Crippen LogP contribution in [0, 0.1) is 0 Å². The van der Waals surface area contributed by atoms with E-state index in [0.717, 1.165) is 29.2 Å². The number of nitrogens with zero attached hydrogens (tertiary/aromatic N) is 2. The fourth-order valence-corrected chi connectivity index (χ4v) is 2.01. The van der Waals surface area contributed by atoms with Crippen LogP contribution in [0.5, 0.6) is 0 Å². The summed E-state index contributed by atoms with van der Waals surface area (Å²) in [6.45, 7) is 0. The van der Waals surface area contributed by atoms with E-state index in [4.69, 9.17) is 0 Å². The van der Waals surface area contributed by atoms with Crippen LogP contribution >= 0.6 is 12.1 Å². The highest BCUT2D eigenvalue weighted by Gasteiger charge is 2.24. The van der Waals surface area contributed by atoms with Gasteiger partial charge in [0.15, 0.2) is 0 Å². The number of nitrogens with one attached hydrogen (secondary N) is 2. The molecule has 1 aliphatic heterocycles. The molecule has 4 nitrogen and oxygen atoms in total. The maximum absolute atomic E-state index is 4.24. The Morgan fingerprint density at radius 2 is 2.50 bits per heavy atom. The van der Waals surface area contributed by atoms with Crippen molar-refractivity contribution in [3.8, 4) is 0 Å². The lowest BCUT2D eigenvalue weighted by atomic mass is 10.0. The molecule has 60 valence electrons. The van der Waals surface area contributed by atoms with Gasteiger partial charge in [-0.15, -0.1) is 0 Å². The monoisotopic (exact) mass is 178 g/mol. The molecule has 0 saturated heterocycles. The maximum Gasteiger partial charge on any atom is 0.124 e. The zero-order chi connectivity index (χ0) is 7.97. The lowest BCUT2D eigenvalue weighted by molar-refractivity contribution is 1.10. The highest BCUT2D eigenvalue weighted by molar-refractivity contribution is 7.96. The summed E-state index contributed by atoms with van der Waals surface area (Å²) in [6, 6.07) is 0. The average molecular weight is 178 g/mol.